The van der Waals surface area contributed by atoms with E-state index in [1.807, 2.05) is 44.5 Å². The summed E-state index contributed by atoms with van der Waals surface area (Å²) in [5.41, 5.74) is 2.39. The summed E-state index contributed by atoms with van der Waals surface area (Å²) in [4.78, 5) is 28.4. The van der Waals surface area contributed by atoms with Gasteiger partial charge < -0.3 is 25.1 Å². The fourth-order valence-corrected chi connectivity index (χ4v) is 5.73. The van der Waals surface area contributed by atoms with E-state index in [9.17, 15) is 4.79 Å². The Labute approximate surface area is 219 Å². The minimum absolute atomic E-state index is 0.496. The maximum absolute atomic E-state index is 11.7. The molecule has 36 heavy (non-hydrogen) atoms. The maximum atomic E-state index is 11.7. The molecule has 0 aromatic carbocycles. The highest BCUT2D eigenvalue weighted by molar-refractivity contribution is 7.20. The number of nitrogens with zero attached hydrogens (tertiary/aromatic N) is 5. The van der Waals surface area contributed by atoms with E-state index in [0.717, 1.165) is 66.5 Å². The van der Waals surface area contributed by atoms with Crippen molar-refractivity contribution in [3.05, 3.63) is 41.0 Å². The van der Waals surface area contributed by atoms with Crippen LogP contribution in [0.25, 0.3) is 10.1 Å². The summed E-state index contributed by atoms with van der Waals surface area (Å²) in [5.74, 6) is 2.06. The van der Waals surface area contributed by atoms with Gasteiger partial charge in [-0.15, -0.1) is 11.3 Å². The van der Waals surface area contributed by atoms with Gasteiger partial charge in [0.2, 0.25) is 0 Å². The van der Waals surface area contributed by atoms with Gasteiger partial charge >= 0.3 is 0 Å². The lowest BCUT2D eigenvalue weighted by atomic mass is 9.95. The fourth-order valence-electron chi connectivity index (χ4n) is 4.68. The Bertz CT molecular complexity index is 1080. The van der Waals surface area contributed by atoms with Crippen LogP contribution in [0.1, 0.15) is 46.8 Å². The van der Waals surface area contributed by atoms with Crippen LogP contribution in [0.3, 0.4) is 0 Å². The lowest BCUT2D eigenvalue weighted by Crippen LogP contribution is -2.44. The van der Waals surface area contributed by atoms with Crippen LogP contribution < -0.4 is 10.2 Å². The van der Waals surface area contributed by atoms with Crippen molar-refractivity contribution in [3.63, 3.8) is 0 Å². The van der Waals surface area contributed by atoms with Gasteiger partial charge in [0.1, 0.15) is 11.6 Å². The Balaban J connectivity index is 0.000000550. The molecule has 1 saturated carbocycles. The molecule has 4 heterocycles. The van der Waals surface area contributed by atoms with Crippen LogP contribution >= 0.6 is 11.3 Å². The Kier molecular flexibility index (Phi) is 10.6. The molecule has 3 aromatic heterocycles. The number of anilines is 3. The summed E-state index contributed by atoms with van der Waals surface area (Å²) in [5, 5.41) is 11.5. The summed E-state index contributed by atoms with van der Waals surface area (Å²) in [6.45, 7) is 4.22. The highest BCUT2D eigenvalue weighted by atomic mass is 32.1. The van der Waals surface area contributed by atoms with Crippen molar-refractivity contribution in [2.24, 2.45) is 0 Å². The molecule has 0 bridgehead atoms. The lowest BCUT2D eigenvalue weighted by Gasteiger charge is -2.33. The van der Waals surface area contributed by atoms with E-state index in [0.29, 0.717) is 5.92 Å². The minimum atomic E-state index is 0.496. The molecule has 196 valence electrons. The van der Waals surface area contributed by atoms with Crippen LogP contribution in [-0.2, 0) is 0 Å². The van der Waals surface area contributed by atoms with E-state index in [1.54, 1.807) is 11.3 Å². The van der Waals surface area contributed by atoms with Gasteiger partial charge in [0.15, 0.2) is 6.29 Å². The molecular weight excluding hydrogens is 472 g/mol. The molecule has 2 aliphatic rings. The molecule has 1 aliphatic heterocycles. The molecular formula is C27H40N6O2S. The number of aliphatic hydroxyl groups is 1. The fraction of sp³-hybridized carbons (Fsp3) is 0.519. The number of aliphatic hydroxyl groups excluding tert-OH is 1. The molecule has 2 N–H and O–H groups in total. The zero-order chi connectivity index (χ0) is 26.1. The van der Waals surface area contributed by atoms with Crippen molar-refractivity contribution >= 4 is 45.0 Å². The van der Waals surface area contributed by atoms with Gasteiger partial charge in [-0.05, 0) is 70.7 Å². The predicted molar refractivity (Wildman–Crippen MR) is 151 cm³/mol. The van der Waals surface area contributed by atoms with Crippen LogP contribution in [0.5, 0.6) is 0 Å². The normalized spacial score (nSPS) is 16.4. The second kappa shape index (κ2) is 13.6. The van der Waals surface area contributed by atoms with Crippen molar-refractivity contribution in [1.82, 2.24) is 19.8 Å². The quantitative estimate of drug-likeness (QED) is 0.486. The molecule has 0 atom stereocenters. The number of carbonyl (C=O) groups is 1. The van der Waals surface area contributed by atoms with E-state index in [1.165, 1.54) is 36.6 Å². The number of carbonyl (C=O) groups excluding carboxylic acids is 1. The number of fused-ring (bicyclic) bond motifs is 1. The Morgan fingerprint density at radius 2 is 1.67 bits per heavy atom. The number of thiophene rings is 1. The smallest absolute Gasteiger partial charge is 0.160 e. The summed E-state index contributed by atoms with van der Waals surface area (Å²) in [7, 11) is 9.16. The number of nitrogens with one attached hydrogen (secondary N) is 1. The van der Waals surface area contributed by atoms with Gasteiger partial charge in [-0.2, -0.15) is 0 Å². The third-order valence-electron chi connectivity index (χ3n) is 6.39. The maximum Gasteiger partial charge on any atom is 0.160 e. The number of aldehydes is 1. The topological polar surface area (TPSA) is 84.8 Å². The van der Waals surface area contributed by atoms with Gasteiger partial charge in [-0.1, -0.05) is 12.8 Å². The van der Waals surface area contributed by atoms with E-state index in [4.69, 9.17) is 5.11 Å². The molecule has 5 rings (SSSR count). The summed E-state index contributed by atoms with van der Waals surface area (Å²) in [6.07, 6.45) is 9.68. The van der Waals surface area contributed by atoms with Crippen molar-refractivity contribution in [2.45, 2.75) is 31.6 Å². The molecule has 0 unspecified atom stereocenters. The van der Waals surface area contributed by atoms with Crippen LogP contribution in [0.2, 0.25) is 0 Å². The van der Waals surface area contributed by atoms with Crippen molar-refractivity contribution in [1.29, 1.82) is 0 Å². The summed E-state index contributed by atoms with van der Waals surface area (Å²) >= 11 is 1.56. The highest BCUT2D eigenvalue weighted by Crippen LogP contribution is 2.43. The van der Waals surface area contributed by atoms with Crippen LogP contribution in [-0.4, -0.2) is 92.6 Å². The van der Waals surface area contributed by atoms with Crippen molar-refractivity contribution in [2.75, 3.05) is 71.7 Å². The van der Waals surface area contributed by atoms with Crippen molar-refractivity contribution in [3.8, 4) is 0 Å². The average Bonchev–Trinajstić information content (AvgIpc) is 3.53. The Morgan fingerprint density at radius 1 is 1.03 bits per heavy atom. The third-order valence-corrected chi connectivity index (χ3v) is 7.47. The van der Waals surface area contributed by atoms with E-state index in [2.05, 4.69) is 44.3 Å². The first kappa shape index (κ1) is 28.0. The van der Waals surface area contributed by atoms with E-state index >= 15 is 0 Å². The Hall–Kier alpha value is -2.59. The molecule has 0 radical (unpaired) electrons. The number of piperazine rings is 1. The number of aromatic nitrogens is 2. The summed E-state index contributed by atoms with van der Waals surface area (Å²) in [6, 6.07) is 6.22. The zero-order valence-electron chi connectivity index (χ0n) is 22.2. The van der Waals surface area contributed by atoms with Gasteiger partial charge in [0, 0.05) is 44.9 Å². The highest BCUT2D eigenvalue weighted by Gasteiger charge is 2.24. The molecule has 2 fully saturated rings. The first-order valence-electron chi connectivity index (χ1n) is 12.5. The molecule has 1 saturated heterocycles. The SMILES string of the molecule is CN(C)C.CN1CCN(c2ccc(Nc3cc4c(C5CCCC5)c(C=O)sc4cn3)nc2)CC1.CO. The molecule has 9 heteroatoms. The van der Waals surface area contributed by atoms with Gasteiger partial charge in [-0.25, -0.2) is 9.97 Å². The standard InChI is InChI=1S/C23H27N5OS.C3H9N.CH4O/c1-27-8-10-28(11-9-27)17-6-7-21(24-13-17)26-22-12-18-19(14-25-22)30-20(15-29)23(18)16-4-2-3-5-16;1-4(2)3;1-2/h6-7,12-16H,2-5,8-11H2,1H3,(H,24,25,26);1-3H3;2H,1H3. The number of hydrogen-bond acceptors (Lipinski definition) is 9. The van der Waals surface area contributed by atoms with Crippen LogP contribution in [0.15, 0.2) is 30.6 Å². The van der Waals surface area contributed by atoms with Gasteiger partial charge in [0.25, 0.3) is 0 Å². The largest absolute Gasteiger partial charge is 0.400 e. The predicted octanol–water partition coefficient (Wildman–Crippen LogP) is 4.44. The van der Waals surface area contributed by atoms with Crippen LogP contribution in [0, 0.1) is 0 Å². The molecule has 1 aliphatic carbocycles. The molecule has 0 amide bonds. The van der Waals surface area contributed by atoms with Gasteiger partial charge in [-0.3, -0.25) is 4.79 Å². The number of hydrogen-bond donors (Lipinski definition) is 2. The number of pyridine rings is 2. The lowest BCUT2D eigenvalue weighted by molar-refractivity contribution is 0.112. The molecule has 0 spiro atoms. The molecule has 3 aromatic rings. The second-order valence-electron chi connectivity index (χ2n) is 9.70. The Morgan fingerprint density at radius 3 is 2.25 bits per heavy atom. The first-order valence-corrected chi connectivity index (χ1v) is 13.4. The van der Waals surface area contributed by atoms with E-state index in [-0.39, 0.29) is 0 Å². The van der Waals surface area contributed by atoms with Gasteiger partial charge in [0.05, 0.1) is 21.5 Å². The third kappa shape index (κ3) is 7.22. The zero-order valence-corrected chi connectivity index (χ0v) is 23.0. The number of likely N-dealkylation sites (N-methyl/N-ethyl adjacent to an activating group) is 1. The molecule has 8 nitrogen and oxygen atoms in total. The van der Waals surface area contributed by atoms with E-state index < -0.39 is 0 Å². The van der Waals surface area contributed by atoms with Crippen LogP contribution in [0.4, 0.5) is 17.3 Å². The average molecular weight is 513 g/mol. The second-order valence-corrected chi connectivity index (χ2v) is 10.8. The monoisotopic (exact) mass is 512 g/mol. The minimum Gasteiger partial charge on any atom is -0.400 e. The first-order chi connectivity index (χ1) is 17.4. The summed E-state index contributed by atoms with van der Waals surface area (Å²) < 4.78 is 1.09. The van der Waals surface area contributed by atoms with Crippen molar-refractivity contribution < 1.29 is 9.90 Å². The number of rotatable bonds is 5.